The van der Waals surface area contributed by atoms with E-state index >= 15 is 0 Å². The molecule has 0 rings (SSSR count). The Bertz CT molecular complexity index is 281. The van der Waals surface area contributed by atoms with E-state index < -0.39 is 9.84 Å². The number of hydrogen-bond acceptors (Lipinski definition) is 4. The van der Waals surface area contributed by atoms with Crippen molar-refractivity contribution in [3.63, 3.8) is 0 Å². The van der Waals surface area contributed by atoms with Crippen molar-refractivity contribution in [2.75, 3.05) is 31.6 Å². The molecule has 0 aromatic heterocycles. The third-order valence-corrected chi connectivity index (χ3v) is 3.30. The van der Waals surface area contributed by atoms with E-state index in [9.17, 15) is 13.2 Å². The van der Waals surface area contributed by atoms with Crippen molar-refractivity contribution in [3.8, 4) is 0 Å². The van der Waals surface area contributed by atoms with Crippen LogP contribution in [0.4, 0.5) is 0 Å². The Morgan fingerprint density at radius 1 is 1.13 bits per heavy atom. The second-order valence-electron chi connectivity index (χ2n) is 3.70. The number of rotatable bonds is 8. The van der Waals surface area contributed by atoms with Gasteiger partial charge in [-0.2, -0.15) is 0 Å². The maximum atomic E-state index is 11.3. The maximum absolute atomic E-state index is 11.3. The van der Waals surface area contributed by atoms with Gasteiger partial charge in [-0.15, -0.1) is 0 Å². The largest absolute Gasteiger partial charge is 0.303 e. The Balaban J connectivity index is 3.76. The smallest absolute Gasteiger partial charge is 0.147 e. The summed E-state index contributed by atoms with van der Waals surface area (Å²) < 4.78 is 21.6. The number of ketones is 1. The van der Waals surface area contributed by atoms with Crippen molar-refractivity contribution < 1.29 is 13.2 Å². The van der Waals surface area contributed by atoms with Crippen molar-refractivity contribution >= 4 is 15.6 Å². The normalized spacial score (nSPS) is 12.0. The van der Waals surface area contributed by atoms with E-state index in [0.29, 0.717) is 6.42 Å². The second-order valence-corrected chi connectivity index (χ2v) is 5.96. The Labute approximate surface area is 92.6 Å². The van der Waals surface area contributed by atoms with Crippen LogP contribution in [0.5, 0.6) is 0 Å². The van der Waals surface area contributed by atoms with Gasteiger partial charge in [0.1, 0.15) is 15.6 Å². The molecule has 0 N–H and O–H groups in total. The zero-order valence-electron chi connectivity index (χ0n) is 9.82. The Kier molecular flexibility index (Phi) is 6.76. The fraction of sp³-hybridized carbons (Fsp3) is 0.900. The average Bonchev–Trinajstić information content (AvgIpc) is 2.15. The van der Waals surface area contributed by atoms with Crippen LogP contribution in [-0.2, 0) is 14.6 Å². The molecule has 0 amide bonds. The zero-order valence-corrected chi connectivity index (χ0v) is 10.6. The summed E-state index contributed by atoms with van der Waals surface area (Å²) in [5.41, 5.74) is 0. The van der Waals surface area contributed by atoms with Crippen LogP contribution in [-0.4, -0.2) is 50.7 Å². The lowest BCUT2D eigenvalue weighted by Crippen LogP contribution is -2.26. The molecule has 0 radical (unpaired) electrons. The Morgan fingerprint density at radius 2 is 1.67 bits per heavy atom. The summed E-state index contributed by atoms with van der Waals surface area (Å²) >= 11 is 0. The molecule has 0 aliphatic carbocycles. The molecular formula is C10H21NO3S. The summed E-state index contributed by atoms with van der Waals surface area (Å²) in [5, 5.41) is 0. The van der Waals surface area contributed by atoms with Gasteiger partial charge in [-0.1, -0.05) is 13.8 Å². The minimum absolute atomic E-state index is 0.0237. The highest BCUT2D eigenvalue weighted by Gasteiger charge is 2.09. The number of nitrogens with zero attached hydrogens (tertiary/aromatic N) is 1. The predicted octanol–water partition coefficient (Wildman–Crippen LogP) is 0.722. The first-order chi connectivity index (χ1) is 6.89. The highest BCUT2D eigenvalue weighted by molar-refractivity contribution is 7.90. The number of sulfone groups is 1. The van der Waals surface area contributed by atoms with Gasteiger partial charge in [0.05, 0.1) is 5.75 Å². The summed E-state index contributed by atoms with van der Waals surface area (Å²) in [6.45, 7) is 6.68. The van der Waals surface area contributed by atoms with E-state index in [1.165, 1.54) is 0 Å². The molecule has 0 aliphatic heterocycles. The topological polar surface area (TPSA) is 54.5 Å². The fourth-order valence-corrected chi connectivity index (χ4v) is 1.85. The van der Waals surface area contributed by atoms with E-state index in [1.807, 2.05) is 13.8 Å². The van der Waals surface area contributed by atoms with Gasteiger partial charge >= 0.3 is 0 Å². The summed E-state index contributed by atoms with van der Waals surface area (Å²) in [7, 11) is -3.00. The van der Waals surface area contributed by atoms with E-state index in [4.69, 9.17) is 0 Å². The molecule has 0 saturated carbocycles. The third kappa shape index (κ3) is 8.57. The van der Waals surface area contributed by atoms with Crippen molar-refractivity contribution in [1.82, 2.24) is 4.90 Å². The van der Waals surface area contributed by atoms with Crippen LogP contribution in [0, 0.1) is 0 Å². The van der Waals surface area contributed by atoms with Crippen molar-refractivity contribution in [1.29, 1.82) is 0 Å². The second kappa shape index (κ2) is 6.95. The van der Waals surface area contributed by atoms with Gasteiger partial charge in [-0.3, -0.25) is 4.79 Å². The third-order valence-electron chi connectivity index (χ3n) is 2.35. The van der Waals surface area contributed by atoms with Crippen molar-refractivity contribution in [2.24, 2.45) is 0 Å². The van der Waals surface area contributed by atoms with Gasteiger partial charge in [0, 0.05) is 25.6 Å². The van der Waals surface area contributed by atoms with Gasteiger partial charge in [0.15, 0.2) is 0 Å². The molecule has 0 atom stereocenters. The van der Waals surface area contributed by atoms with E-state index in [-0.39, 0.29) is 18.0 Å². The van der Waals surface area contributed by atoms with Gasteiger partial charge in [-0.25, -0.2) is 8.42 Å². The molecule has 0 bridgehead atoms. The zero-order chi connectivity index (χ0) is 11.9. The van der Waals surface area contributed by atoms with Crippen LogP contribution in [0.2, 0.25) is 0 Å². The number of hydrogen-bond donors (Lipinski definition) is 0. The maximum Gasteiger partial charge on any atom is 0.147 e. The lowest BCUT2D eigenvalue weighted by molar-refractivity contribution is -0.119. The van der Waals surface area contributed by atoms with Crippen LogP contribution in [0.15, 0.2) is 0 Å². The van der Waals surface area contributed by atoms with Crippen LogP contribution in [0.25, 0.3) is 0 Å². The molecule has 0 aromatic carbocycles. The highest BCUT2D eigenvalue weighted by Crippen LogP contribution is 1.97. The molecule has 4 nitrogen and oxygen atoms in total. The molecule has 5 heteroatoms. The predicted molar refractivity (Wildman–Crippen MR) is 61.7 cm³/mol. The van der Waals surface area contributed by atoms with E-state index in [1.54, 1.807) is 0 Å². The molecule has 0 spiro atoms. The fourth-order valence-electron chi connectivity index (χ4n) is 1.25. The van der Waals surface area contributed by atoms with Gasteiger partial charge < -0.3 is 4.90 Å². The Morgan fingerprint density at radius 3 is 2.07 bits per heavy atom. The number of Topliss-reactive ketones (excluding diaryl/α,β-unsaturated/α-hetero) is 1. The molecular weight excluding hydrogens is 214 g/mol. The standard InChI is InChI=1S/C10H21NO3S/c1-4-11(5-2)8-6-10(12)7-9-15(3,13)14/h4-9H2,1-3H3. The lowest BCUT2D eigenvalue weighted by atomic mass is 10.2. The van der Waals surface area contributed by atoms with E-state index in [0.717, 1.165) is 25.9 Å². The summed E-state index contributed by atoms with van der Waals surface area (Å²) in [5.74, 6) is 0.0108. The van der Waals surface area contributed by atoms with Crippen LogP contribution in [0.1, 0.15) is 26.7 Å². The minimum atomic E-state index is -3.00. The SMILES string of the molecule is CCN(CC)CCC(=O)CCS(C)(=O)=O. The molecule has 15 heavy (non-hydrogen) atoms. The van der Waals surface area contributed by atoms with Gasteiger partial charge in [-0.05, 0) is 13.1 Å². The first-order valence-corrected chi connectivity index (χ1v) is 7.36. The molecule has 0 heterocycles. The highest BCUT2D eigenvalue weighted by atomic mass is 32.2. The van der Waals surface area contributed by atoms with Crippen LogP contribution in [0.3, 0.4) is 0 Å². The first-order valence-electron chi connectivity index (χ1n) is 5.30. The van der Waals surface area contributed by atoms with Crippen molar-refractivity contribution in [2.45, 2.75) is 26.7 Å². The molecule has 0 aliphatic rings. The minimum Gasteiger partial charge on any atom is -0.303 e. The monoisotopic (exact) mass is 235 g/mol. The molecule has 0 unspecified atom stereocenters. The summed E-state index contributed by atoms with van der Waals surface area (Å²) in [6.07, 6.45) is 1.77. The summed E-state index contributed by atoms with van der Waals surface area (Å²) in [4.78, 5) is 13.5. The quantitative estimate of drug-likeness (QED) is 0.622. The van der Waals surface area contributed by atoms with Crippen LogP contribution < -0.4 is 0 Å². The lowest BCUT2D eigenvalue weighted by Gasteiger charge is -2.16. The van der Waals surface area contributed by atoms with Crippen LogP contribution >= 0.6 is 0 Å². The summed E-state index contributed by atoms with van der Waals surface area (Å²) in [6, 6.07) is 0. The Hall–Kier alpha value is -0.420. The first kappa shape index (κ1) is 14.6. The average molecular weight is 235 g/mol. The number of carbonyl (C=O) groups excluding carboxylic acids is 1. The van der Waals surface area contributed by atoms with E-state index in [2.05, 4.69) is 4.90 Å². The molecule has 0 saturated heterocycles. The molecule has 0 aromatic rings. The van der Waals surface area contributed by atoms with Crippen molar-refractivity contribution in [3.05, 3.63) is 0 Å². The molecule has 90 valence electrons. The molecule has 0 fully saturated rings. The van der Waals surface area contributed by atoms with Gasteiger partial charge in [0.25, 0.3) is 0 Å². The van der Waals surface area contributed by atoms with Gasteiger partial charge in [0.2, 0.25) is 0 Å². The number of carbonyl (C=O) groups is 1.